The van der Waals surface area contributed by atoms with Crippen LogP contribution in [0.4, 0.5) is 34.1 Å². The first-order chi connectivity index (χ1) is 54.0. The van der Waals surface area contributed by atoms with Crippen LogP contribution in [0.25, 0.3) is 164 Å². The molecule has 0 amide bonds. The van der Waals surface area contributed by atoms with Gasteiger partial charge in [0.2, 0.25) is 0 Å². The van der Waals surface area contributed by atoms with Gasteiger partial charge in [-0.15, -0.1) is 0 Å². The first-order valence-electron chi connectivity index (χ1n) is 39.5. The third kappa shape index (κ3) is 9.06. The van der Waals surface area contributed by atoms with E-state index in [1.807, 2.05) is 0 Å². The molecular weight excluding hydrogens is 1340 g/mol. The second-order valence-electron chi connectivity index (χ2n) is 34.7. The van der Waals surface area contributed by atoms with Crippen molar-refractivity contribution in [1.82, 2.24) is 9.13 Å². The molecule has 4 nitrogen and oxygen atoms in total. The highest BCUT2D eigenvalue weighted by Crippen LogP contribution is 2.57. The maximum absolute atomic E-state index is 2.75. The van der Waals surface area contributed by atoms with Crippen molar-refractivity contribution in [1.29, 1.82) is 0 Å². The molecule has 526 valence electrons. The van der Waals surface area contributed by atoms with Gasteiger partial charge in [0.15, 0.2) is 0 Å². The first-order valence-corrected chi connectivity index (χ1v) is 39.5. The number of hydrogen-bond acceptors (Lipinski definition) is 2. The summed E-state index contributed by atoms with van der Waals surface area (Å²) in [5, 5.41) is 20.8. The van der Waals surface area contributed by atoms with E-state index in [1.54, 1.807) is 0 Å². The number of para-hydroxylation sites is 2. The minimum atomic E-state index is -0.342. The summed E-state index contributed by atoms with van der Waals surface area (Å²) in [5.41, 5.74) is 30.2. The predicted molar refractivity (Wildman–Crippen MR) is 477 cm³/mol. The van der Waals surface area contributed by atoms with Crippen molar-refractivity contribution in [3.05, 3.63) is 332 Å². The van der Waals surface area contributed by atoms with Crippen LogP contribution in [0, 0.1) is 0 Å². The van der Waals surface area contributed by atoms with Crippen LogP contribution in [0.2, 0.25) is 0 Å². The summed E-state index contributed by atoms with van der Waals surface area (Å²) in [7, 11) is 0. The van der Waals surface area contributed by atoms with Crippen molar-refractivity contribution in [3.63, 3.8) is 0 Å². The van der Waals surface area contributed by atoms with E-state index in [-0.39, 0.29) is 23.0 Å². The van der Waals surface area contributed by atoms with Crippen molar-refractivity contribution < 1.29 is 0 Å². The number of aromatic nitrogens is 2. The second kappa shape index (κ2) is 22.8. The summed E-state index contributed by atoms with van der Waals surface area (Å²) in [6.45, 7) is 21.0. The van der Waals surface area contributed by atoms with E-state index in [1.165, 1.54) is 152 Å². The molecule has 2 aliphatic rings. The molecule has 2 aliphatic heterocycles. The zero-order valence-corrected chi connectivity index (χ0v) is 63.9. The molecule has 0 fully saturated rings. The Morgan fingerprint density at radius 1 is 0.234 bits per heavy atom. The van der Waals surface area contributed by atoms with Gasteiger partial charge in [-0.3, -0.25) is 0 Å². The zero-order chi connectivity index (χ0) is 74.4. The van der Waals surface area contributed by atoms with Gasteiger partial charge >= 0.3 is 0 Å². The predicted octanol–water partition coefficient (Wildman–Crippen LogP) is 27.2. The van der Waals surface area contributed by atoms with E-state index >= 15 is 0 Å². The average Bonchev–Trinajstić information content (AvgIpc) is 1.67. The molecule has 0 aliphatic carbocycles. The third-order valence-corrected chi connectivity index (χ3v) is 25.3. The molecule has 0 saturated carbocycles. The van der Waals surface area contributed by atoms with Crippen molar-refractivity contribution in [3.8, 4) is 55.9 Å². The lowest BCUT2D eigenvalue weighted by Crippen LogP contribution is -2.61. The van der Waals surface area contributed by atoms with Gasteiger partial charge < -0.3 is 18.9 Å². The average molecular weight is 1420 g/mol. The highest BCUT2D eigenvalue weighted by molar-refractivity contribution is 7.00. The Bertz CT molecular complexity index is 6820. The van der Waals surface area contributed by atoms with Gasteiger partial charge in [0.25, 0.3) is 6.71 Å². The summed E-state index contributed by atoms with van der Waals surface area (Å²) >= 11 is 0. The summed E-state index contributed by atoms with van der Waals surface area (Å²) in [5.74, 6) is 0. The van der Waals surface area contributed by atoms with Gasteiger partial charge in [-0.2, -0.15) is 0 Å². The Balaban J connectivity index is 0.884. The third-order valence-electron chi connectivity index (χ3n) is 25.3. The standard InChI is InChI=1S/C106H79BN4/c1-104(2,3)70-34-16-32-68(56-70)77-38-22-36-75(62-24-12-10-13-25-62)102(77)110-89-60-73(108-85-52-44-64-28-18-40-79-80-41-19-29-65-45-53-86(108)98(94(65)80)97(85)93(64)79)48-50-83(89)107-84-51-49-74(109-87-54-46-66-30-20-42-81-82-43-21-31-67-47-55-88(109)100(96(67)82)99(87)95(66)81)61-90(84)111(92-59-72(106(7,8)9)58-91(110)101(92)107)103-76(63-26-14-11-15-27-63)37-23-39-78(103)69-33-17-35-71(57-69)105(4,5)6/h10-61H,1-9H3. The number of nitrogens with zero attached hydrogens (tertiary/aromatic N) is 4. The van der Waals surface area contributed by atoms with E-state index in [4.69, 9.17) is 0 Å². The van der Waals surface area contributed by atoms with E-state index in [0.29, 0.717) is 0 Å². The molecule has 5 heteroatoms. The van der Waals surface area contributed by atoms with Crippen molar-refractivity contribution in [2.24, 2.45) is 0 Å². The normalized spacial score (nSPS) is 13.4. The molecule has 0 atom stereocenters. The Morgan fingerprint density at radius 2 is 0.550 bits per heavy atom. The molecule has 0 N–H and O–H groups in total. The van der Waals surface area contributed by atoms with Crippen LogP contribution in [0.1, 0.15) is 79.0 Å². The summed E-state index contributed by atoms with van der Waals surface area (Å²) in [6, 6.07) is 122. The zero-order valence-electron chi connectivity index (χ0n) is 63.9. The largest absolute Gasteiger partial charge is 0.310 e. The molecule has 21 aromatic rings. The summed E-state index contributed by atoms with van der Waals surface area (Å²) in [6.07, 6.45) is 0. The molecular formula is C106H79BN4. The maximum Gasteiger partial charge on any atom is 0.252 e. The Kier molecular flexibility index (Phi) is 13.2. The molecule has 23 rings (SSSR count). The van der Waals surface area contributed by atoms with Crippen LogP contribution in [-0.2, 0) is 16.2 Å². The lowest BCUT2D eigenvalue weighted by molar-refractivity contribution is 0.590. The lowest BCUT2D eigenvalue weighted by Gasteiger charge is -2.46. The topological polar surface area (TPSA) is 16.3 Å². The van der Waals surface area contributed by atoms with Crippen LogP contribution in [-0.4, -0.2) is 15.8 Å². The van der Waals surface area contributed by atoms with E-state index in [9.17, 15) is 0 Å². The Hall–Kier alpha value is -13.0. The number of anilines is 6. The molecule has 0 unspecified atom stereocenters. The quantitative estimate of drug-likeness (QED) is 0.0856. The van der Waals surface area contributed by atoms with Crippen molar-refractivity contribution in [2.75, 3.05) is 9.80 Å². The van der Waals surface area contributed by atoms with Crippen LogP contribution in [0.5, 0.6) is 0 Å². The van der Waals surface area contributed by atoms with Crippen molar-refractivity contribution in [2.45, 2.75) is 78.6 Å². The van der Waals surface area contributed by atoms with Gasteiger partial charge in [-0.25, -0.2) is 0 Å². The van der Waals surface area contributed by atoms with Crippen LogP contribution in [0.15, 0.2) is 315 Å². The van der Waals surface area contributed by atoms with Gasteiger partial charge in [0.05, 0.1) is 33.4 Å². The van der Waals surface area contributed by atoms with Gasteiger partial charge in [-0.05, 0) is 197 Å². The minimum absolute atomic E-state index is 0.110. The smallest absolute Gasteiger partial charge is 0.252 e. The summed E-state index contributed by atoms with van der Waals surface area (Å²) in [4.78, 5) is 5.51. The lowest BCUT2D eigenvalue weighted by atomic mass is 9.33. The SMILES string of the molecule is CC(C)(C)c1cccc(-c2cccc(-c3ccccc3)c2N2c3cc(-n4c5ccc6cccc7c8cccc9ccc4c(c98)c5c67)ccc3B3c4ccc(-n5c6ccc7cccc8c9cccc%10ccc5c(c%109)c6c78)cc4N(c4c(-c5ccccc5)cccc4-c4cccc(C(C)(C)C)c4)c4cc(C(C)(C)C)cc2c43)c1. The van der Waals surface area contributed by atoms with Gasteiger partial charge in [0.1, 0.15) is 0 Å². The fourth-order valence-corrected chi connectivity index (χ4v) is 20.1. The molecule has 0 radical (unpaired) electrons. The summed E-state index contributed by atoms with van der Waals surface area (Å²) < 4.78 is 5.20. The van der Waals surface area contributed by atoms with Crippen LogP contribution < -0.4 is 26.2 Å². The van der Waals surface area contributed by atoms with E-state index in [0.717, 1.165) is 78.9 Å². The monoisotopic (exact) mass is 1420 g/mol. The van der Waals surface area contributed by atoms with E-state index in [2.05, 4.69) is 397 Å². The fourth-order valence-electron chi connectivity index (χ4n) is 20.1. The Labute approximate surface area is 646 Å². The number of hydrogen-bond donors (Lipinski definition) is 0. The van der Waals surface area contributed by atoms with Gasteiger partial charge in [0, 0.05) is 77.9 Å². The van der Waals surface area contributed by atoms with Crippen LogP contribution >= 0.6 is 0 Å². The molecule has 0 spiro atoms. The fraction of sp³-hybridized carbons (Fsp3) is 0.113. The van der Waals surface area contributed by atoms with Crippen LogP contribution in [0.3, 0.4) is 0 Å². The Morgan fingerprint density at radius 3 is 0.892 bits per heavy atom. The molecule has 0 bridgehead atoms. The number of fused-ring (bicyclic) bond motifs is 6. The van der Waals surface area contributed by atoms with E-state index < -0.39 is 0 Å². The van der Waals surface area contributed by atoms with Crippen molar-refractivity contribution >= 4 is 165 Å². The molecule has 19 aromatic carbocycles. The number of rotatable bonds is 8. The molecule has 111 heavy (non-hydrogen) atoms. The second-order valence-corrected chi connectivity index (χ2v) is 34.7. The first kappa shape index (κ1) is 64.1. The molecule has 0 saturated heterocycles. The van der Waals surface area contributed by atoms with Gasteiger partial charge in [-0.1, -0.05) is 317 Å². The minimum Gasteiger partial charge on any atom is -0.310 e. The molecule has 4 heterocycles. The maximum atomic E-state index is 2.75. The highest BCUT2D eigenvalue weighted by Gasteiger charge is 2.47. The molecule has 2 aromatic heterocycles. The number of benzene rings is 19. The highest BCUT2D eigenvalue weighted by atomic mass is 15.2.